The first-order valence-corrected chi connectivity index (χ1v) is 5.83. The predicted molar refractivity (Wildman–Crippen MR) is 65.2 cm³/mol. The number of pyridine rings is 1. The number of nitrogens with one attached hydrogen (secondary N) is 1. The first-order chi connectivity index (χ1) is 8.16. The molecule has 1 saturated heterocycles. The Balaban J connectivity index is 2.01. The lowest BCUT2D eigenvalue weighted by atomic mass is 10.0. The molecule has 3 rings (SSSR count). The Kier molecular flexibility index (Phi) is 2.29. The first kappa shape index (κ1) is 10.5. The van der Waals surface area contributed by atoms with Crippen LogP contribution in [0.3, 0.4) is 0 Å². The van der Waals surface area contributed by atoms with Crippen molar-refractivity contribution in [2.24, 2.45) is 0 Å². The van der Waals surface area contributed by atoms with Crippen LogP contribution in [0.1, 0.15) is 18.9 Å². The van der Waals surface area contributed by atoms with Crippen LogP contribution in [-0.4, -0.2) is 33.4 Å². The Bertz CT molecular complexity index is 542. The zero-order chi connectivity index (χ0) is 11.9. The lowest BCUT2D eigenvalue weighted by Gasteiger charge is -2.25. The number of hydrogen-bond acceptors (Lipinski definition) is 4. The predicted octanol–water partition coefficient (Wildman–Crippen LogP) is 1.63. The molecule has 0 radical (unpaired) electrons. The van der Waals surface area contributed by atoms with E-state index in [4.69, 9.17) is 4.74 Å². The monoisotopic (exact) mass is 232 g/mol. The molecule has 90 valence electrons. The average Bonchev–Trinajstić information content (AvgIpc) is 2.86. The van der Waals surface area contributed by atoms with E-state index in [9.17, 15) is 0 Å². The van der Waals surface area contributed by atoms with Crippen molar-refractivity contribution in [3.8, 4) is 0 Å². The van der Waals surface area contributed by atoms with Gasteiger partial charge in [0.15, 0.2) is 5.65 Å². The third-order valence-electron chi connectivity index (χ3n) is 3.17. The minimum atomic E-state index is -0.00727. The largest absolute Gasteiger partial charge is 0.379 e. The summed E-state index contributed by atoms with van der Waals surface area (Å²) >= 11 is 0. The highest BCUT2D eigenvalue weighted by Crippen LogP contribution is 2.24. The fraction of sp³-hybridized carbons (Fsp3) is 0.500. The normalized spacial score (nSPS) is 24.4. The molecule has 1 N–H and O–H groups in total. The molecular weight excluding hydrogens is 216 g/mol. The van der Waals surface area contributed by atoms with E-state index in [1.165, 1.54) is 5.56 Å². The summed E-state index contributed by atoms with van der Waals surface area (Å²) in [5.41, 5.74) is 2.04. The third-order valence-corrected chi connectivity index (χ3v) is 3.17. The highest BCUT2D eigenvalue weighted by Gasteiger charge is 2.30. The SMILES string of the molecule is Cc1cc(NC2(C)CCOC2)n2ncnc2c1. The van der Waals surface area contributed by atoms with E-state index < -0.39 is 0 Å². The summed E-state index contributed by atoms with van der Waals surface area (Å²) in [6.07, 6.45) is 2.59. The molecule has 1 aliphatic rings. The van der Waals surface area contributed by atoms with Crippen molar-refractivity contribution < 1.29 is 4.74 Å². The first-order valence-electron chi connectivity index (χ1n) is 5.83. The Morgan fingerprint density at radius 3 is 3.12 bits per heavy atom. The van der Waals surface area contributed by atoms with Crippen molar-refractivity contribution >= 4 is 11.5 Å². The van der Waals surface area contributed by atoms with E-state index in [1.54, 1.807) is 6.33 Å². The summed E-state index contributed by atoms with van der Waals surface area (Å²) < 4.78 is 7.28. The molecule has 0 aliphatic carbocycles. The van der Waals surface area contributed by atoms with Gasteiger partial charge in [0, 0.05) is 6.61 Å². The number of aryl methyl sites for hydroxylation is 1. The molecule has 2 aromatic heterocycles. The lowest BCUT2D eigenvalue weighted by molar-refractivity contribution is 0.185. The highest BCUT2D eigenvalue weighted by atomic mass is 16.5. The van der Waals surface area contributed by atoms with E-state index in [0.717, 1.165) is 31.1 Å². The number of rotatable bonds is 2. The van der Waals surface area contributed by atoms with Gasteiger partial charge in [0.05, 0.1) is 12.1 Å². The van der Waals surface area contributed by atoms with Crippen LogP contribution < -0.4 is 5.32 Å². The van der Waals surface area contributed by atoms with Crippen molar-refractivity contribution in [2.75, 3.05) is 18.5 Å². The van der Waals surface area contributed by atoms with Crippen LogP contribution >= 0.6 is 0 Å². The Labute approximate surface area is 99.8 Å². The maximum atomic E-state index is 5.45. The number of aromatic nitrogens is 3. The van der Waals surface area contributed by atoms with Crippen LogP contribution in [0.15, 0.2) is 18.5 Å². The quantitative estimate of drug-likeness (QED) is 0.855. The summed E-state index contributed by atoms with van der Waals surface area (Å²) in [5, 5.41) is 7.76. The van der Waals surface area contributed by atoms with Gasteiger partial charge in [-0.1, -0.05) is 0 Å². The summed E-state index contributed by atoms with van der Waals surface area (Å²) in [6.45, 7) is 5.78. The molecule has 5 nitrogen and oxygen atoms in total. The second-order valence-corrected chi connectivity index (χ2v) is 4.94. The molecule has 2 aromatic rings. The third kappa shape index (κ3) is 1.86. The van der Waals surface area contributed by atoms with Crippen molar-refractivity contribution in [3.63, 3.8) is 0 Å². The van der Waals surface area contributed by atoms with Gasteiger partial charge >= 0.3 is 0 Å². The molecule has 3 heterocycles. The molecule has 0 saturated carbocycles. The van der Waals surface area contributed by atoms with Gasteiger partial charge in [0.1, 0.15) is 12.1 Å². The van der Waals surface area contributed by atoms with Crippen LogP contribution in [0, 0.1) is 6.92 Å². The van der Waals surface area contributed by atoms with Crippen LogP contribution in [0.5, 0.6) is 0 Å². The van der Waals surface area contributed by atoms with E-state index in [2.05, 4.69) is 35.3 Å². The molecule has 5 heteroatoms. The van der Waals surface area contributed by atoms with Crippen LogP contribution in [0.25, 0.3) is 5.65 Å². The van der Waals surface area contributed by atoms with Gasteiger partial charge in [-0.15, -0.1) is 0 Å². The minimum Gasteiger partial charge on any atom is -0.379 e. The lowest BCUT2D eigenvalue weighted by Crippen LogP contribution is -2.35. The van der Waals surface area contributed by atoms with Crippen molar-refractivity contribution in [3.05, 3.63) is 24.0 Å². The van der Waals surface area contributed by atoms with Gasteiger partial charge in [-0.25, -0.2) is 4.98 Å². The maximum absolute atomic E-state index is 5.45. The molecule has 0 spiro atoms. The number of nitrogens with zero attached hydrogens (tertiary/aromatic N) is 3. The standard InChI is InChI=1S/C12H16N4O/c1-9-5-10-13-8-14-16(10)11(6-9)15-12(2)3-4-17-7-12/h5-6,8,15H,3-4,7H2,1-2H3. The molecule has 1 unspecified atom stereocenters. The molecule has 0 bridgehead atoms. The molecule has 1 aliphatic heterocycles. The molecule has 1 atom stereocenters. The van der Waals surface area contributed by atoms with Gasteiger partial charge < -0.3 is 10.1 Å². The number of anilines is 1. The van der Waals surface area contributed by atoms with E-state index in [0.29, 0.717) is 0 Å². The Morgan fingerprint density at radius 1 is 1.47 bits per heavy atom. The zero-order valence-electron chi connectivity index (χ0n) is 10.1. The fourth-order valence-electron chi connectivity index (χ4n) is 2.22. The molecule has 0 aromatic carbocycles. The minimum absolute atomic E-state index is 0.00727. The highest BCUT2D eigenvalue weighted by molar-refractivity contribution is 5.52. The van der Waals surface area contributed by atoms with Crippen molar-refractivity contribution in [1.82, 2.24) is 14.6 Å². The number of hydrogen-bond donors (Lipinski definition) is 1. The van der Waals surface area contributed by atoms with Gasteiger partial charge in [-0.2, -0.15) is 9.61 Å². The van der Waals surface area contributed by atoms with Gasteiger partial charge in [-0.3, -0.25) is 0 Å². The average molecular weight is 232 g/mol. The summed E-state index contributed by atoms with van der Waals surface area (Å²) in [5.74, 6) is 0.977. The second kappa shape index (κ2) is 3.70. The van der Waals surface area contributed by atoms with Gasteiger partial charge in [0.2, 0.25) is 0 Å². The van der Waals surface area contributed by atoms with E-state index in [-0.39, 0.29) is 5.54 Å². The van der Waals surface area contributed by atoms with Gasteiger partial charge in [-0.05, 0) is 38.0 Å². The Hall–Kier alpha value is -1.62. The molecule has 0 amide bonds. The van der Waals surface area contributed by atoms with Crippen LogP contribution in [0.2, 0.25) is 0 Å². The summed E-state index contributed by atoms with van der Waals surface area (Å²) in [6, 6.07) is 4.11. The van der Waals surface area contributed by atoms with E-state index >= 15 is 0 Å². The van der Waals surface area contributed by atoms with Crippen molar-refractivity contribution in [2.45, 2.75) is 25.8 Å². The maximum Gasteiger partial charge on any atom is 0.157 e. The van der Waals surface area contributed by atoms with Gasteiger partial charge in [0.25, 0.3) is 0 Å². The molecule has 17 heavy (non-hydrogen) atoms. The molecule has 1 fully saturated rings. The zero-order valence-corrected chi connectivity index (χ0v) is 10.1. The Morgan fingerprint density at radius 2 is 2.35 bits per heavy atom. The van der Waals surface area contributed by atoms with Crippen LogP contribution in [-0.2, 0) is 4.74 Å². The second-order valence-electron chi connectivity index (χ2n) is 4.94. The smallest absolute Gasteiger partial charge is 0.157 e. The van der Waals surface area contributed by atoms with Crippen LogP contribution in [0.4, 0.5) is 5.82 Å². The molecular formula is C12H16N4O. The summed E-state index contributed by atoms with van der Waals surface area (Å²) in [7, 11) is 0. The van der Waals surface area contributed by atoms with E-state index in [1.807, 2.05) is 10.6 Å². The topological polar surface area (TPSA) is 51.5 Å². The fourth-order valence-corrected chi connectivity index (χ4v) is 2.22. The number of ether oxygens (including phenoxy) is 1. The number of fused-ring (bicyclic) bond motifs is 1. The summed E-state index contributed by atoms with van der Waals surface area (Å²) in [4.78, 5) is 4.22. The van der Waals surface area contributed by atoms with Crippen molar-refractivity contribution in [1.29, 1.82) is 0 Å².